The van der Waals surface area contributed by atoms with E-state index in [1.165, 1.54) is 0 Å². The van der Waals surface area contributed by atoms with Crippen molar-refractivity contribution in [1.29, 1.82) is 0 Å². The second-order valence-corrected chi connectivity index (χ2v) is 7.36. The van der Waals surface area contributed by atoms with Crippen molar-refractivity contribution in [2.75, 3.05) is 5.32 Å². The fourth-order valence-electron chi connectivity index (χ4n) is 3.16. The summed E-state index contributed by atoms with van der Waals surface area (Å²) in [7, 11) is 0. The number of benzene rings is 3. The number of H-pyrrole nitrogens is 2. The van der Waals surface area contributed by atoms with Gasteiger partial charge in [-0.25, -0.2) is 9.78 Å². The molecule has 5 aromatic rings. The molecule has 0 radical (unpaired) electrons. The number of anilines is 1. The first kappa shape index (κ1) is 18.5. The van der Waals surface area contributed by atoms with Crippen LogP contribution < -0.4 is 10.1 Å². The normalized spacial score (nSPS) is 11.1. The molecule has 0 aliphatic heterocycles. The third-order valence-electron chi connectivity index (χ3n) is 4.55. The van der Waals surface area contributed by atoms with Crippen LogP contribution in [-0.2, 0) is 0 Å². The summed E-state index contributed by atoms with van der Waals surface area (Å²) in [5, 5.41) is 11.4. The van der Waals surface area contributed by atoms with Crippen molar-refractivity contribution in [1.82, 2.24) is 20.2 Å². The molecule has 0 saturated heterocycles. The lowest BCUT2D eigenvalue weighted by molar-refractivity contribution is 0.215. The lowest BCUT2D eigenvalue weighted by atomic mass is 10.2. The second kappa shape index (κ2) is 7.37. The monoisotopic (exact) mass is 437 g/mol. The Morgan fingerprint density at radius 2 is 1.83 bits per heavy atom. The number of amides is 1. The molecule has 3 aromatic carbocycles. The van der Waals surface area contributed by atoms with E-state index in [9.17, 15) is 4.79 Å². The van der Waals surface area contributed by atoms with Crippen LogP contribution in [0.25, 0.3) is 33.3 Å². The van der Waals surface area contributed by atoms with Crippen molar-refractivity contribution >= 4 is 56.9 Å². The van der Waals surface area contributed by atoms with Gasteiger partial charge in [-0.15, -0.1) is 0 Å². The standard InChI is InChI=1S/C21H13Cl2N5O2/c22-14-2-1-3-15(23)19(14)20-26-16-7-6-13(9-18(16)27-20)30-21(29)25-12-5-4-11-10-24-28-17(11)8-12/h1-10H,(H,24,28)(H,25,29)(H,26,27). The predicted molar refractivity (Wildman–Crippen MR) is 117 cm³/mol. The predicted octanol–water partition coefficient (Wildman–Crippen LogP) is 6.02. The molecule has 2 heterocycles. The lowest BCUT2D eigenvalue weighted by Gasteiger charge is -2.06. The number of hydrogen-bond donors (Lipinski definition) is 3. The van der Waals surface area contributed by atoms with E-state index in [1.807, 2.05) is 6.07 Å². The van der Waals surface area contributed by atoms with Crippen LogP contribution in [0.1, 0.15) is 0 Å². The summed E-state index contributed by atoms with van der Waals surface area (Å²) in [4.78, 5) is 20.0. The van der Waals surface area contributed by atoms with Gasteiger partial charge in [-0.1, -0.05) is 29.3 Å². The van der Waals surface area contributed by atoms with E-state index in [1.54, 1.807) is 54.7 Å². The number of nitrogens with one attached hydrogen (secondary N) is 3. The number of rotatable bonds is 3. The quantitative estimate of drug-likeness (QED) is 0.321. The van der Waals surface area contributed by atoms with Gasteiger partial charge in [-0.2, -0.15) is 5.10 Å². The molecule has 0 unspecified atom stereocenters. The van der Waals surface area contributed by atoms with Crippen molar-refractivity contribution in [3.63, 3.8) is 0 Å². The minimum absolute atomic E-state index is 0.364. The molecule has 148 valence electrons. The van der Waals surface area contributed by atoms with Crippen molar-refractivity contribution in [2.24, 2.45) is 0 Å². The Balaban J connectivity index is 1.37. The maximum Gasteiger partial charge on any atom is 0.417 e. The van der Waals surface area contributed by atoms with E-state index in [0.29, 0.717) is 43.9 Å². The average molecular weight is 438 g/mol. The zero-order valence-corrected chi connectivity index (χ0v) is 16.8. The van der Waals surface area contributed by atoms with Crippen LogP contribution in [-0.4, -0.2) is 26.3 Å². The average Bonchev–Trinajstić information content (AvgIpc) is 3.33. The van der Waals surface area contributed by atoms with E-state index >= 15 is 0 Å². The SMILES string of the molecule is O=C(Nc1ccc2cn[nH]c2c1)Oc1ccc2nc(-c3c(Cl)cccc3Cl)[nH]c2c1. The Morgan fingerprint density at radius 1 is 1.00 bits per heavy atom. The molecule has 0 atom stereocenters. The number of aromatic nitrogens is 4. The molecule has 30 heavy (non-hydrogen) atoms. The minimum Gasteiger partial charge on any atom is -0.410 e. The number of aromatic amines is 2. The maximum atomic E-state index is 12.3. The van der Waals surface area contributed by atoms with Crippen molar-refractivity contribution in [3.8, 4) is 17.1 Å². The highest BCUT2D eigenvalue weighted by Crippen LogP contribution is 2.34. The molecular formula is C21H13Cl2N5O2. The second-order valence-electron chi connectivity index (χ2n) is 6.55. The molecule has 5 rings (SSSR count). The summed E-state index contributed by atoms with van der Waals surface area (Å²) >= 11 is 12.5. The van der Waals surface area contributed by atoms with Crippen LogP contribution >= 0.6 is 23.2 Å². The van der Waals surface area contributed by atoms with Crippen LogP contribution in [0.4, 0.5) is 10.5 Å². The number of nitrogens with zero attached hydrogens (tertiary/aromatic N) is 2. The fourth-order valence-corrected chi connectivity index (χ4v) is 3.74. The molecule has 3 N–H and O–H groups in total. The molecule has 2 aromatic heterocycles. The van der Waals surface area contributed by atoms with E-state index in [2.05, 4.69) is 25.5 Å². The molecule has 0 fully saturated rings. The lowest BCUT2D eigenvalue weighted by Crippen LogP contribution is -2.16. The zero-order chi connectivity index (χ0) is 20.7. The van der Waals surface area contributed by atoms with Crippen LogP contribution in [0, 0.1) is 0 Å². The van der Waals surface area contributed by atoms with Gasteiger partial charge in [-0.05, 0) is 42.5 Å². The van der Waals surface area contributed by atoms with E-state index < -0.39 is 6.09 Å². The van der Waals surface area contributed by atoms with E-state index in [-0.39, 0.29) is 0 Å². The molecule has 7 nitrogen and oxygen atoms in total. The summed E-state index contributed by atoms with van der Waals surface area (Å²) in [5.41, 5.74) is 3.41. The van der Waals surface area contributed by atoms with Crippen LogP contribution in [0.2, 0.25) is 10.0 Å². The van der Waals surface area contributed by atoms with Crippen molar-refractivity contribution < 1.29 is 9.53 Å². The highest BCUT2D eigenvalue weighted by molar-refractivity contribution is 6.39. The number of fused-ring (bicyclic) bond motifs is 2. The molecule has 1 amide bonds. The molecular weight excluding hydrogens is 425 g/mol. The highest BCUT2D eigenvalue weighted by atomic mass is 35.5. The molecule has 0 aliphatic carbocycles. The van der Waals surface area contributed by atoms with Gasteiger partial charge >= 0.3 is 6.09 Å². The third kappa shape index (κ3) is 3.45. The fraction of sp³-hybridized carbons (Fsp3) is 0. The Morgan fingerprint density at radius 3 is 2.67 bits per heavy atom. The number of carbonyl (C=O) groups excluding carboxylic acids is 1. The Labute approximate surface area is 180 Å². The molecule has 0 spiro atoms. The Kier molecular flexibility index (Phi) is 4.54. The van der Waals surface area contributed by atoms with Gasteiger partial charge in [0.2, 0.25) is 0 Å². The van der Waals surface area contributed by atoms with Gasteiger partial charge < -0.3 is 9.72 Å². The first-order valence-corrected chi connectivity index (χ1v) is 9.68. The van der Waals surface area contributed by atoms with Gasteiger partial charge in [0.1, 0.15) is 11.6 Å². The van der Waals surface area contributed by atoms with Gasteiger partial charge in [0.15, 0.2) is 0 Å². The molecule has 0 bridgehead atoms. The summed E-state index contributed by atoms with van der Waals surface area (Å²) in [5.74, 6) is 0.901. The first-order valence-electron chi connectivity index (χ1n) is 8.93. The highest BCUT2D eigenvalue weighted by Gasteiger charge is 2.14. The van der Waals surface area contributed by atoms with Crippen LogP contribution in [0.15, 0.2) is 60.8 Å². The van der Waals surface area contributed by atoms with Crippen LogP contribution in [0.3, 0.4) is 0 Å². The van der Waals surface area contributed by atoms with Gasteiger partial charge in [0.25, 0.3) is 0 Å². The number of ether oxygens (including phenoxy) is 1. The zero-order valence-electron chi connectivity index (χ0n) is 15.2. The topological polar surface area (TPSA) is 95.7 Å². The summed E-state index contributed by atoms with van der Waals surface area (Å²) in [6.45, 7) is 0. The molecule has 0 aliphatic rings. The molecule has 9 heteroatoms. The Bertz CT molecular complexity index is 1390. The Hall–Kier alpha value is -3.55. The van der Waals surface area contributed by atoms with Gasteiger partial charge in [0.05, 0.1) is 38.4 Å². The number of hydrogen-bond acceptors (Lipinski definition) is 4. The van der Waals surface area contributed by atoms with Crippen molar-refractivity contribution in [3.05, 3.63) is 70.8 Å². The van der Waals surface area contributed by atoms with Gasteiger partial charge in [-0.3, -0.25) is 10.4 Å². The minimum atomic E-state index is -0.609. The summed E-state index contributed by atoms with van der Waals surface area (Å²) in [6.07, 6.45) is 1.10. The summed E-state index contributed by atoms with van der Waals surface area (Å²) in [6, 6.07) is 15.8. The maximum absolute atomic E-state index is 12.3. The molecule has 0 saturated carbocycles. The number of carbonyl (C=O) groups is 1. The summed E-state index contributed by atoms with van der Waals surface area (Å²) < 4.78 is 5.41. The number of imidazole rings is 1. The van der Waals surface area contributed by atoms with Crippen molar-refractivity contribution in [2.45, 2.75) is 0 Å². The van der Waals surface area contributed by atoms with E-state index in [4.69, 9.17) is 27.9 Å². The smallest absolute Gasteiger partial charge is 0.410 e. The number of halogens is 2. The largest absolute Gasteiger partial charge is 0.417 e. The van der Waals surface area contributed by atoms with Crippen LogP contribution in [0.5, 0.6) is 5.75 Å². The van der Waals surface area contributed by atoms with Gasteiger partial charge in [0, 0.05) is 17.1 Å². The van der Waals surface area contributed by atoms with E-state index in [0.717, 1.165) is 10.9 Å². The third-order valence-corrected chi connectivity index (χ3v) is 5.18. The first-order chi connectivity index (χ1) is 14.6.